The molecule has 0 aromatic carbocycles. The first-order chi connectivity index (χ1) is 9.58. The molecule has 0 saturated carbocycles. The van der Waals surface area contributed by atoms with Crippen LogP contribution in [-0.2, 0) is 16.6 Å². The van der Waals surface area contributed by atoms with Gasteiger partial charge in [-0.05, 0) is 6.08 Å². The smallest absolute Gasteiger partial charge is 0.353 e. The normalized spacial score (nSPS) is 23.1. The molecule has 0 aliphatic carbocycles. The number of allylic oxidation sites excluding steroid dienone is 2. The van der Waals surface area contributed by atoms with E-state index in [4.69, 9.17) is 5.11 Å². The van der Waals surface area contributed by atoms with Crippen molar-refractivity contribution < 1.29 is 14.7 Å². The topological polar surface area (TPSA) is 88.3 Å². The Bertz CT molecular complexity index is 689. The largest absolute Gasteiger partial charge is 0.477 e. The molecule has 7 nitrogen and oxygen atoms in total. The number of nitrogens with zero attached hydrogens (tertiary/aromatic N) is 4. The van der Waals surface area contributed by atoms with Gasteiger partial charge < -0.3 is 5.11 Å². The van der Waals surface area contributed by atoms with Crippen molar-refractivity contribution in [2.24, 2.45) is 7.05 Å². The molecule has 3 heterocycles. The molecule has 1 aromatic rings. The fraction of sp³-hybridized carbons (Fsp3) is 0.167. The number of rotatable bonds is 3. The highest BCUT2D eigenvalue weighted by atomic mass is 32.2. The summed E-state index contributed by atoms with van der Waals surface area (Å²) in [5.41, 5.74) is 1.32. The number of amides is 1. The first-order valence-corrected chi connectivity index (χ1v) is 6.69. The van der Waals surface area contributed by atoms with Gasteiger partial charge in [-0.25, -0.2) is 4.79 Å². The zero-order valence-corrected chi connectivity index (χ0v) is 11.2. The highest BCUT2D eigenvalue weighted by molar-refractivity contribution is 8.03. The number of aryl methyl sites for hydroxylation is 1. The maximum absolute atomic E-state index is 11.9. The van der Waals surface area contributed by atoms with E-state index < -0.39 is 5.97 Å². The molecule has 20 heavy (non-hydrogen) atoms. The first kappa shape index (κ1) is 12.7. The van der Waals surface area contributed by atoms with Crippen molar-refractivity contribution in [3.8, 4) is 0 Å². The fourth-order valence-corrected chi connectivity index (χ4v) is 3.11. The van der Waals surface area contributed by atoms with Crippen LogP contribution >= 0.6 is 11.8 Å². The van der Waals surface area contributed by atoms with Gasteiger partial charge in [-0.3, -0.25) is 14.4 Å². The molecular weight excluding hydrogens is 280 g/mol. The van der Waals surface area contributed by atoms with E-state index in [2.05, 4.69) is 10.3 Å². The standard InChI is InChI=1S/C12H10N4O3S/c1-15-5-7(13-14-15)3-2-4-8-10(17)16-9(12(18)19)6-20-11(8)16/h2-6,11H,1H3,(H,18,19)/b3-2+,8-4+/t11-/m1/s1. The lowest BCUT2D eigenvalue weighted by molar-refractivity contribution is -0.141. The van der Waals surface area contributed by atoms with Crippen LogP contribution in [0.2, 0.25) is 0 Å². The lowest BCUT2D eigenvalue weighted by atomic mass is 10.0. The van der Waals surface area contributed by atoms with Gasteiger partial charge in [0.2, 0.25) is 0 Å². The summed E-state index contributed by atoms with van der Waals surface area (Å²) < 4.78 is 1.58. The number of β-lactam (4-membered cyclic amide) rings is 1. The lowest BCUT2D eigenvalue weighted by Gasteiger charge is -2.36. The average Bonchev–Trinajstić information content (AvgIpc) is 2.98. The Morgan fingerprint density at radius 2 is 2.35 bits per heavy atom. The monoisotopic (exact) mass is 290 g/mol. The van der Waals surface area contributed by atoms with E-state index in [1.807, 2.05) is 0 Å². The molecule has 0 radical (unpaired) electrons. The molecule has 1 fully saturated rings. The van der Waals surface area contributed by atoms with E-state index in [0.29, 0.717) is 11.3 Å². The van der Waals surface area contributed by atoms with Gasteiger partial charge >= 0.3 is 5.97 Å². The molecule has 2 aliphatic rings. The number of fused-ring (bicyclic) bond motifs is 1. The summed E-state index contributed by atoms with van der Waals surface area (Å²) in [6.45, 7) is 0. The summed E-state index contributed by atoms with van der Waals surface area (Å²) >= 11 is 1.32. The van der Waals surface area contributed by atoms with E-state index >= 15 is 0 Å². The van der Waals surface area contributed by atoms with E-state index in [0.717, 1.165) is 0 Å². The Balaban J connectivity index is 1.72. The number of carboxylic acids is 1. The predicted molar refractivity (Wildman–Crippen MR) is 72.1 cm³/mol. The maximum Gasteiger partial charge on any atom is 0.353 e. The van der Waals surface area contributed by atoms with E-state index in [1.165, 1.54) is 22.1 Å². The number of carboxylic acid groups (broad SMARTS) is 1. The molecule has 1 aromatic heterocycles. The van der Waals surface area contributed by atoms with Gasteiger partial charge in [0.05, 0.1) is 11.8 Å². The molecule has 0 spiro atoms. The summed E-state index contributed by atoms with van der Waals surface area (Å²) in [4.78, 5) is 24.1. The van der Waals surface area contributed by atoms with E-state index in [-0.39, 0.29) is 17.0 Å². The molecule has 1 amide bonds. The van der Waals surface area contributed by atoms with Crippen molar-refractivity contribution in [1.82, 2.24) is 19.9 Å². The molecule has 2 aliphatic heterocycles. The van der Waals surface area contributed by atoms with Crippen LogP contribution in [0.15, 0.2) is 35.0 Å². The third-order valence-electron chi connectivity index (χ3n) is 2.92. The summed E-state index contributed by atoms with van der Waals surface area (Å²) in [7, 11) is 1.77. The highest BCUT2D eigenvalue weighted by Gasteiger charge is 2.49. The summed E-state index contributed by atoms with van der Waals surface area (Å²) in [6.07, 6.45) is 6.89. The fourth-order valence-electron chi connectivity index (χ4n) is 1.98. The lowest BCUT2D eigenvalue weighted by Crippen LogP contribution is -2.51. The van der Waals surface area contributed by atoms with Gasteiger partial charge in [0.1, 0.15) is 16.8 Å². The van der Waals surface area contributed by atoms with Crippen molar-refractivity contribution >= 4 is 29.7 Å². The minimum Gasteiger partial charge on any atom is -0.477 e. The van der Waals surface area contributed by atoms with Gasteiger partial charge in [-0.15, -0.1) is 16.9 Å². The maximum atomic E-state index is 11.9. The Labute approximate surface area is 118 Å². The molecule has 3 rings (SSSR count). The van der Waals surface area contributed by atoms with Crippen molar-refractivity contribution in [2.45, 2.75) is 5.37 Å². The third kappa shape index (κ3) is 1.94. The number of thioether (sulfide) groups is 1. The van der Waals surface area contributed by atoms with Crippen molar-refractivity contribution in [2.75, 3.05) is 0 Å². The van der Waals surface area contributed by atoms with E-state index in [1.54, 1.807) is 36.2 Å². The zero-order chi connectivity index (χ0) is 14.3. The SMILES string of the molecule is Cn1cc(/C=C/C=C2\C(=O)N3C(C(=O)O)=CS[C@H]23)nn1. The molecule has 0 unspecified atom stereocenters. The summed E-state index contributed by atoms with van der Waals surface area (Å²) in [5.74, 6) is -1.35. The third-order valence-corrected chi connectivity index (χ3v) is 4.00. The van der Waals surface area contributed by atoms with Crippen LogP contribution in [0.3, 0.4) is 0 Å². The first-order valence-electron chi connectivity index (χ1n) is 5.75. The molecule has 8 heteroatoms. The number of aliphatic carboxylic acids is 1. The van der Waals surface area contributed by atoms with Crippen molar-refractivity contribution in [3.05, 3.63) is 40.7 Å². The molecule has 1 N–H and O–H groups in total. The van der Waals surface area contributed by atoms with Gasteiger partial charge in [-0.2, -0.15) is 0 Å². The minimum absolute atomic E-state index is 0.0417. The van der Waals surface area contributed by atoms with Crippen LogP contribution in [0.25, 0.3) is 6.08 Å². The highest BCUT2D eigenvalue weighted by Crippen LogP contribution is 2.44. The second-order valence-electron chi connectivity index (χ2n) is 4.27. The summed E-state index contributed by atoms with van der Waals surface area (Å²) in [5, 5.41) is 17.9. The van der Waals surface area contributed by atoms with Crippen LogP contribution in [0.4, 0.5) is 0 Å². The molecule has 0 bridgehead atoms. The Morgan fingerprint density at radius 1 is 1.55 bits per heavy atom. The molecule has 1 saturated heterocycles. The molecular formula is C12H10N4O3S. The quantitative estimate of drug-likeness (QED) is 0.647. The second kappa shape index (κ2) is 4.64. The van der Waals surface area contributed by atoms with Crippen molar-refractivity contribution in [3.63, 3.8) is 0 Å². The summed E-state index contributed by atoms with van der Waals surface area (Å²) in [6, 6.07) is 0. The number of carbonyl (C=O) groups excluding carboxylic acids is 1. The minimum atomic E-state index is -1.08. The number of hydrogen-bond acceptors (Lipinski definition) is 5. The molecule has 1 atom stereocenters. The van der Waals surface area contributed by atoms with Crippen LogP contribution in [0.5, 0.6) is 0 Å². The van der Waals surface area contributed by atoms with Crippen LogP contribution in [0.1, 0.15) is 5.69 Å². The zero-order valence-electron chi connectivity index (χ0n) is 10.4. The molecule has 102 valence electrons. The van der Waals surface area contributed by atoms with Gasteiger partial charge in [-0.1, -0.05) is 17.4 Å². The average molecular weight is 290 g/mol. The van der Waals surface area contributed by atoms with Crippen molar-refractivity contribution in [1.29, 1.82) is 0 Å². The second-order valence-corrected chi connectivity index (χ2v) is 5.22. The number of carbonyl (C=O) groups is 2. The number of aromatic nitrogens is 3. The predicted octanol–water partition coefficient (Wildman–Crippen LogP) is 0.596. The van der Waals surface area contributed by atoms with Gasteiger partial charge in [0, 0.05) is 12.5 Å². The van der Waals surface area contributed by atoms with E-state index in [9.17, 15) is 9.59 Å². The Morgan fingerprint density at radius 3 is 3.00 bits per heavy atom. The Kier molecular flexibility index (Phi) is 2.94. The van der Waals surface area contributed by atoms with Gasteiger partial charge in [0.25, 0.3) is 5.91 Å². The Hall–Kier alpha value is -2.35. The number of hydrogen-bond donors (Lipinski definition) is 1. The van der Waals surface area contributed by atoms with Crippen LogP contribution < -0.4 is 0 Å². The van der Waals surface area contributed by atoms with Crippen LogP contribution in [0, 0.1) is 0 Å². The van der Waals surface area contributed by atoms with Gasteiger partial charge in [0.15, 0.2) is 0 Å². The van der Waals surface area contributed by atoms with Crippen LogP contribution in [-0.4, -0.2) is 42.3 Å².